The third kappa shape index (κ3) is 3.14. The van der Waals surface area contributed by atoms with Gasteiger partial charge in [0.25, 0.3) is 21.8 Å². The first-order chi connectivity index (χ1) is 13.5. The van der Waals surface area contributed by atoms with Gasteiger partial charge in [0.2, 0.25) is 0 Å². The maximum absolute atomic E-state index is 12.4. The lowest BCUT2D eigenvalue weighted by atomic mass is 10.1. The molecule has 1 heterocycles. The fourth-order valence-electron chi connectivity index (χ4n) is 3.02. The summed E-state index contributed by atoms with van der Waals surface area (Å²) in [5, 5.41) is 5.40. The van der Waals surface area contributed by atoms with E-state index in [1.807, 2.05) is 24.3 Å². The van der Waals surface area contributed by atoms with Crippen molar-refractivity contribution in [1.29, 1.82) is 0 Å². The van der Waals surface area contributed by atoms with Crippen molar-refractivity contribution in [3.05, 3.63) is 77.9 Å². The Bertz CT molecular complexity index is 1200. The molecule has 0 saturated heterocycles. The zero-order chi connectivity index (χ0) is 19.7. The summed E-state index contributed by atoms with van der Waals surface area (Å²) in [5.41, 5.74) is 0.662. The molecule has 0 bridgehead atoms. The number of hydrazone groups is 1. The van der Waals surface area contributed by atoms with Crippen molar-refractivity contribution in [1.82, 2.24) is 9.73 Å². The van der Waals surface area contributed by atoms with Crippen LogP contribution in [0.1, 0.15) is 20.7 Å². The van der Waals surface area contributed by atoms with Gasteiger partial charge in [-0.05, 0) is 35.0 Å². The Kier molecular flexibility index (Phi) is 4.40. The average Bonchev–Trinajstić information content (AvgIpc) is 2.95. The molecule has 0 aliphatic carbocycles. The van der Waals surface area contributed by atoms with Crippen molar-refractivity contribution in [2.24, 2.45) is 5.10 Å². The highest BCUT2D eigenvalue weighted by Gasteiger charge is 2.34. The summed E-state index contributed by atoms with van der Waals surface area (Å²) in [4.78, 5) is 27.7. The van der Waals surface area contributed by atoms with Crippen LogP contribution in [-0.2, 0) is 10.0 Å². The van der Waals surface area contributed by atoms with E-state index in [-0.39, 0.29) is 11.4 Å². The number of nitrogens with one attached hydrogen (secondary N) is 1. The van der Waals surface area contributed by atoms with Crippen molar-refractivity contribution in [2.75, 3.05) is 6.54 Å². The summed E-state index contributed by atoms with van der Waals surface area (Å²) in [5.74, 6) is -0.853. The van der Waals surface area contributed by atoms with Crippen LogP contribution in [0, 0.1) is 0 Å². The lowest BCUT2D eigenvalue weighted by molar-refractivity contribution is 0.0679. The monoisotopic (exact) mass is 393 g/mol. The van der Waals surface area contributed by atoms with Gasteiger partial charge in [-0.15, -0.1) is 0 Å². The number of carbonyl (C=O) groups is 2. The summed E-state index contributed by atoms with van der Waals surface area (Å²) in [6.07, 6.45) is 1.18. The molecule has 0 unspecified atom stereocenters. The van der Waals surface area contributed by atoms with Gasteiger partial charge in [0.15, 0.2) is 0 Å². The molecular weight excluding hydrogens is 378 g/mol. The molecule has 4 rings (SSSR count). The Morgan fingerprint density at radius 2 is 1.46 bits per heavy atom. The molecule has 0 aromatic heterocycles. The Hall–Kier alpha value is -3.52. The first-order valence-corrected chi connectivity index (χ1v) is 9.93. The van der Waals surface area contributed by atoms with E-state index in [1.165, 1.54) is 12.3 Å². The molecule has 0 saturated carbocycles. The van der Waals surface area contributed by atoms with Gasteiger partial charge in [-0.1, -0.05) is 42.5 Å². The molecule has 2 amide bonds. The standard InChI is InChI=1S/C20H15N3O4S/c24-19-17-7-3-4-8-18(17)20(25)23(19)12-11-21-22-28(26,27)16-10-9-14-5-1-2-6-15(14)13-16/h1-11,13,22H,12H2/b21-11+. The molecule has 3 aromatic rings. The van der Waals surface area contributed by atoms with Crippen LogP contribution < -0.4 is 4.83 Å². The molecule has 1 aliphatic heterocycles. The van der Waals surface area contributed by atoms with Gasteiger partial charge < -0.3 is 0 Å². The molecular formula is C20H15N3O4S. The maximum Gasteiger partial charge on any atom is 0.276 e. The summed E-state index contributed by atoms with van der Waals surface area (Å²) in [6, 6.07) is 18.7. The molecule has 8 heteroatoms. The molecule has 3 aromatic carbocycles. The second-order valence-electron chi connectivity index (χ2n) is 6.18. The number of carbonyl (C=O) groups excluding carboxylic acids is 2. The molecule has 28 heavy (non-hydrogen) atoms. The van der Waals surface area contributed by atoms with Crippen molar-refractivity contribution in [2.45, 2.75) is 4.90 Å². The minimum atomic E-state index is -3.86. The maximum atomic E-state index is 12.4. The van der Waals surface area contributed by atoms with Crippen molar-refractivity contribution in [3.63, 3.8) is 0 Å². The Morgan fingerprint density at radius 3 is 2.14 bits per heavy atom. The Morgan fingerprint density at radius 1 is 0.857 bits per heavy atom. The molecule has 140 valence electrons. The van der Waals surface area contributed by atoms with Crippen LogP contribution in [0.15, 0.2) is 76.7 Å². The first-order valence-electron chi connectivity index (χ1n) is 8.45. The zero-order valence-electron chi connectivity index (χ0n) is 14.6. The normalized spacial score (nSPS) is 14.1. The summed E-state index contributed by atoms with van der Waals surface area (Å²) in [6.45, 7) is -0.132. The van der Waals surface area contributed by atoms with Crippen LogP contribution in [0.3, 0.4) is 0 Å². The third-order valence-corrected chi connectivity index (χ3v) is 5.66. The summed E-state index contributed by atoms with van der Waals surface area (Å²) in [7, 11) is -3.86. The van der Waals surface area contributed by atoms with Gasteiger partial charge in [-0.2, -0.15) is 13.5 Å². The highest BCUT2D eigenvalue weighted by atomic mass is 32.2. The second-order valence-corrected chi connectivity index (χ2v) is 7.84. The number of sulfonamides is 1. The van der Waals surface area contributed by atoms with Crippen LogP contribution in [0.25, 0.3) is 10.8 Å². The minimum absolute atomic E-state index is 0.0732. The Balaban J connectivity index is 1.46. The molecule has 1 N–H and O–H groups in total. The number of rotatable bonds is 5. The molecule has 0 radical (unpaired) electrons. The van der Waals surface area contributed by atoms with Gasteiger partial charge in [0.1, 0.15) is 0 Å². The average molecular weight is 393 g/mol. The van der Waals surface area contributed by atoms with E-state index < -0.39 is 21.8 Å². The largest absolute Gasteiger partial charge is 0.276 e. The molecule has 1 aliphatic rings. The number of imide groups is 1. The van der Waals surface area contributed by atoms with E-state index in [1.54, 1.807) is 36.4 Å². The topological polar surface area (TPSA) is 95.9 Å². The van der Waals surface area contributed by atoms with Crippen molar-refractivity contribution < 1.29 is 18.0 Å². The fraction of sp³-hybridized carbons (Fsp3) is 0.0500. The van der Waals surface area contributed by atoms with Gasteiger partial charge in [-0.25, -0.2) is 4.83 Å². The van der Waals surface area contributed by atoms with Gasteiger partial charge >= 0.3 is 0 Å². The molecule has 0 atom stereocenters. The van der Waals surface area contributed by atoms with Gasteiger partial charge in [0, 0.05) is 6.21 Å². The summed E-state index contributed by atoms with van der Waals surface area (Å²) < 4.78 is 24.8. The second kappa shape index (κ2) is 6.90. The van der Waals surface area contributed by atoms with E-state index in [9.17, 15) is 18.0 Å². The Labute approximate surface area is 161 Å². The minimum Gasteiger partial charge on any atom is -0.269 e. The van der Waals surface area contributed by atoms with E-state index in [0.717, 1.165) is 15.7 Å². The van der Waals surface area contributed by atoms with E-state index in [2.05, 4.69) is 9.93 Å². The zero-order valence-corrected chi connectivity index (χ0v) is 15.4. The van der Waals surface area contributed by atoms with Gasteiger partial charge in [0.05, 0.1) is 22.6 Å². The van der Waals surface area contributed by atoms with Crippen molar-refractivity contribution >= 4 is 38.8 Å². The quantitative estimate of drug-likeness (QED) is 0.409. The molecule has 0 spiro atoms. The van der Waals surface area contributed by atoms with E-state index in [0.29, 0.717) is 11.1 Å². The predicted octanol–water partition coefficient (Wildman–Crippen LogP) is 2.40. The SMILES string of the molecule is O=C1c2ccccc2C(=O)N1C/C=N/NS(=O)(=O)c1ccc2ccccc2c1. The highest BCUT2D eigenvalue weighted by Crippen LogP contribution is 2.22. The lowest BCUT2D eigenvalue weighted by Crippen LogP contribution is -2.32. The van der Waals surface area contributed by atoms with E-state index in [4.69, 9.17) is 0 Å². The van der Waals surface area contributed by atoms with Crippen LogP contribution >= 0.6 is 0 Å². The molecule has 7 nitrogen and oxygen atoms in total. The first kappa shape index (κ1) is 17.9. The van der Waals surface area contributed by atoms with Crippen LogP contribution in [-0.4, -0.2) is 37.9 Å². The van der Waals surface area contributed by atoms with E-state index >= 15 is 0 Å². The van der Waals surface area contributed by atoms with Gasteiger partial charge in [-0.3, -0.25) is 14.5 Å². The van der Waals surface area contributed by atoms with Crippen LogP contribution in [0.2, 0.25) is 0 Å². The van der Waals surface area contributed by atoms with Crippen molar-refractivity contribution in [3.8, 4) is 0 Å². The fourth-order valence-corrected chi connectivity index (χ4v) is 3.87. The molecule has 0 fully saturated rings. The lowest BCUT2D eigenvalue weighted by Gasteiger charge is -2.10. The van der Waals surface area contributed by atoms with Crippen LogP contribution in [0.4, 0.5) is 0 Å². The smallest absolute Gasteiger partial charge is 0.269 e. The highest BCUT2D eigenvalue weighted by molar-refractivity contribution is 7.89. The number of nitrogens with zero attached hydrogens (tertiary/aromatic N) is 2. The summed E-state index contributed by atoms with van der Waals surface area (Å²) >= 11 is 0. The third-order valence-electron chi connectivity index (χ3n) is 4.44. The number of fused-ring (bicyclic) bond motifs is 2. The number of hydrogen-bond donors (Lipinski definition) is 1. The number of hydrogen-bond acceptors (Lipinski definition) is 5. The number of benzene rings is 3. The predicted molar refractivity (Wildman–Crippen MR) is 105 cm³/mol. The van der Waals surface area contributed by atoms with Crippen LogP contribution in [0.5, 0.6) is 0 Å². The number of amides is 2.